The van der Waals surface area contributed by atoms with E-state index < -0.39 is 0 Å². The van der Waals surface area contributed by atoms with Gasteiger partial charge in [0, 0.05) is 25.0 Å². The molecule has 0 radical (unpaired) electrons. The summed E-state index contributed by atoms with van der Waals surface area (Å²) in [6, 6.07) is 21.8. The average Bonchev–Trinajstić information content (AvgIpc) is 3.11. The lowest BCUT2D eigenvalue weighted by Gasteiger charge is -2.25. The minimum absolute atomic E-state index is 0.357. The van der Waals surface area contributed by atoms with Gasteiger partial charge in [-0.3, -0.25) is 9.30 Å². The number of aromatic nitrogens is 3. The van der Waals surface area contributed by atoms with Crippen LogP contribution in [0.1, 0.15) is 17.2 Å². The number of rotatable bonds is 2. The van der Waals surface area contributed by atoms with Gasteiger partial charge in [-0.25, -0.2) is 0 Å². The van der Waals surface area contributed by atoms with Gasteiger partial charge in [0.2, 0.25) is 0 Å². The van der Waals surface area contributed by atoms with Gasteiger partial charge in [-0.05, 0) is 53.6 Å². The molecule has 1 unspecified atom stereocenters. The van der Waals surface area contributed by atoms with Crippen LogP contribution in [0.2, 0.25) is 0 Å². The summed E-state index contributed by atoms with van der Waals surface area (Å²) in [6.07, 6.45) is 3.82. The molecule has 0 spiro atoms. The van der Waals surface area contributed by atoms with Crippen LogP contribution in [0.15, 0.2) is 73.2 Å². The fourth-order valence-corrected chi connectivity index (χ4v) is 3.86. The Labute approximate surface area is 158 Å². The van der Waals surface area contributed by atoms with Crippen LogP contribution in [0, 0.1) is 0 Å². The van der Waals surface area contributed by atoms with Crippen molar-refractivity contribution in [2.45, 2.75) is 12.6 Å². The predicted molar refractivity (Wildman–Crippen MR) is 108 cm³/mol. The van der Waals surface area contributed by atoms with Crippen molar-refractivity contribution in [3.63, 3.8) is 0 Å². The quantitative estimate of drug-likeness (QED) is 0.590. The van der Waals surface area contributed by atoms with Gasteiger partial charge in [0.1, 0.15) is 6.33 Å². The number of hydrogen-bond donors (Lipinski definition) is 1. The number of fused-ring (bicyclic) bond motifs is 2. The van der Waals surface area contributed by atoms with E-state index in [1.807, 2.05) is 10.5 Å². The van der Waals surface area contributed by atoms with Crippen LogP contribution in [-0.4, -0.2) is 33.1 Å². The van der Waals surface area contributed by atoms with Gasteiger partial charge in [-0.2, -0.15) is 0 Å². The molecule has 1 N–H and O–H groups in total. The summed E-state index contributed by atoms with van der Waals surface area (Å²) in [7, 11) is 2.20. The van der Waals surface area contributed by atoms with Crippen LogP contribution >= 0.6 is 0 Å². The standard InChI is InChI=1S/C22H21N5/c1-26-13-19-11-17(18-8-10-22-25-24-15-27(22)14-18)7-9-20(19)23-12-21(26)16-5-3-2-4-6-16/h2-11,14-15,21,23H,12-13H2,1H3. The lowest BCUT2D eigenvalue weighted by Crippen LogP contribution is -2.26. The Kier molecular flexibility index (Phi) is 3.87. The van der Waals surface area contributed by atoms with E-state index in [4.69, 9.17) is 0 Å². The Morgan fingerprint density at radius 1 is 1.00 bits per heavy atom. The second-order valence-electron chi connectivity index (χ2n) is 7.11. The molecule has 0 amide bonds. The van der Waals surface area contributed by atoms with Gasteiger partial charge >= 0.3 is 0 Å². The van der Waals surface area contributed by atoms with Crippen LogP contribution in [0.4, 0.5) is 5.69 Å². The van der Waals surface area contributed by atoms with E-state index >= 15 is 0 Å². The van der Waals surface area contributed by atoms with Crippen LogP contribution < -0.4 is 5.32 Å². The van der Waals surface area contributed by atoms with Crippen LogP contribution in [0.5, 0.6) is 0 Å². The van der Waals surface area contributed by atoms with Crippen LogP contribution in [0.3, 0.4) is 0 Å². The molecule has 27 heavy (non-hydrogen) atoms. The first-order valence-electron chi connectivity index (χ1n) is 9.20. The summed E-state index contributed by atoms with van der Waals surface area (Å²) in [5, 5.41) is 11.7. The molecule has 1 aliphatic rings. The van der Waals surface area contributed by atoms with Crippen LogP contribution in [0.25, 0.3) is 16.8 Å². The van der Waals surface area contributed by atoms with Gasteiger partial charge in [-0.15, -0.1) is 10.2 Å². The van der Waals surface area contributed by atoms with E-state index in [0.717, 1.165) is 24.3 Å². The van der Waals surface area contributed by atoms with Gasteiger partial charge in [-0.1, -0.05) is 36.4 Å². The molecule has 0 fully saturated rings. The monoisotopic (exact) mass is 355 g/mol. The fraction of sp³-hybridized carbons (Fsp3) is 0.182. The first-order chi connectivity index (χ1) is 13.3. The van der Waals surface area contributed by atoms with Crippen molar-refractivity contribution in [3.8, 4) is 11.1 Å². The van der Waals surface area contributed by atoms with Crippen molar-refractivity contribution < 1.29 is 0 Å². The van der Waals surface area contributed by atoms with E-state index in [1.54, 1.807) is 6.33 Å². The van der Waals surface area contributed by atoms with E-state index in [0.29, 0.717) is 6.04 Å². The first-order valence-corrected chi connectivity index (χ1v) is 9.20. The molecular weight excluding hydrogens is 334 g/mol. The number of likely N-dealkylation sites (N-methyl/N-ethyl adjacent to an activating group) is 1. The zero-order chi connectivity index (χ0) is 18.2. The van der Waals surface area contributed by atoms with Crippen molar-refractivity contribution in [3.05, 3.63) is 84.3 Å². The molecule has 3 heterocycles. The van der Waals surface area contributed by atoms with Gasteiger partial charge in [0.15, 0.2) is 5.65 Å². The second kappa shape index (κ2) is 6.52. The highest BCUT2D eigenvalue weighted by Crippen LogP contribution is 2.32. The third-order valence-corrected chi connectivity index (χ3v) is 5.35. The highest BCUT2D eigenvalue weighted by molar-refractivity contribution is 5.69. The molecule has 0 saturated heterocycles. The molecule has 5 rings (SSSR count). The molecule has 2 aromatic heterocycles. The molecule has 134 valence electrons. The third-order valence-electron chi connectivity index (χ3n) is 5.35. The summed E-state index contributed by atoms with van der Waals surface area (Å²) in [5.41, 5.74) is 7.11. The fourth-order valence-electron chi connectivity index (χ4n) is 3.86. The summed E-state index contributed by atoms with van der Waals surface area (Å²) in [4.78, 5) is 2.42. The number of nitrogens with one attached hydrogen (secondary N) is 1. The molecular formula is C22H21N5. The molecule has 0 bridgehead atoms. The maximum atomic E-state index is 4.08. The number of hydrogen-bond acceptors (Lipinski definition) is 4. The van der Waals surface area contributed by atoms with Crippen molar-refractivity contribution in [2.75, 3.05) is 18.9 Å². The minimum atomic E-state index is 0.357. The average molecular weight is 355 g/mol. The highest BCUT2D eigenvalue weighted by Gasteiger charge is 2.22. The summed E-state index contributed by atoms with van der Waals surface area (Å²) >= 11 is 0. The summed E-state index contributed by atoms with van der Waals surface area (Å²) in [5.74, 6) is 0. The predicted octanol–water partition coefficient (Wildman–Crippen LogP) is 3.99. The largest absolute Gasteiger partial charge is 0.383 e. The Hall–Kier alpha value is -3.18. The Morgan fingerprint density at radius 3 is 2.74 bits per heavy atom. The van der Waals surface area contributed by atoms with E-state index in [1.165, 1.54) is 22.4 Å². The zero-order valence-corrected chi connectivity index (χ0v) is 15.2. The van der Waals surface area contributed by atoms with E-state index in [2.05, 4.69) is 88.3 Å². The Morgan fingerprint density at radius 2 is 1.85 bits per heavy atom. The number of benzene rings is 2. The molecule has 5 heteroatoms. The number of anilines is 1. The minimum Gasteiger partial charge on any atom is -0.383 e. The maximum absolute atomic E-state index is 4.08. The number of nitrogens with zero attached hydrogens (tertiary/aromatic N) is 4. The maximum Gasteiger partial charge on any atom is 0.160 e. The van der Waals surface area contributed by atoms with E-state index in [-0.39, 0.29) is 0 Å². The first kappa shape index (κ1) is 16.0. The summed E-state index contributed by atoms with van der Waals surface area (Å²) in [6.45, 7) is 1.81. The zero-order valence-electron chi connectivity index (χ0n) is 15.2. The Bertz CT molecular complexity index is 1090. The molecule has 0 saturated carbocycles. The van der Waals surface area contributed by atoms with Gasteiger partial charge in [0.25, 0.3) is 0 Å². The van der Waals surface area contributed by atoms with Gasteiger partial charge < -0.3 is 5.32 Å². The second-order valence-corrected chi connectivity index (χ2v) is 7.11. The van der Waals surface area contributed by atoms with Crippen molar-refractivity contribution in [1.29, 1.82) is 0 Å². The topological polar surface area (TPSA) is 45.5 Å². The molecule has 2 aromatic carbocycles. The van der Waals surface area contributed by atoms with Gasteiger partial charge in [0.05, 0.1) is 6.04 Å². The van der Waals surface area contributed by atoms with Crippen molar-refractivity contribution in [2.24, 2.45) is 0 Å². The molecule has 4 aromatic rings. The SMILES string of the molecule is CN1Cc2cc(-c3ccc4nncn4c3)ccc2NCC1c1ccccc1. The molecule has 0 aliphatic carbocycles. The number of pyridine rings is 1. The third kappa shape index (κ3) is 2.96. The Balaban J connectivity index is 1.48. The van der Waals surface area contributed by atoms with Crippen molar-refractivity contribution in [1.82, 2.24) is 19.5 Å². The van der Waals surface area contributed by atoms with Crippen LogP contribution in [-0.2, 0) is 6.54 Å². The smallest absolute Gasteiger partial charge is 0.160 e. The molecule has 1 atom stereocenters. The lowest BCUT2D eigenvalue weighted by molar-refractivity contribution is 0.252. The molecule has 5 nitrogen and oxygen atoms in total. The molecule has 1 aliphatic heterocycles. The van der Waals surface area contributed by atoms with E-state index in [9.17, 15) is 0 Å². The summed E-state index contributed by atoms with van der Waals surface area (Å²) < 4.78 is 1.96. The lowest BCUT2D eigenvalue weighted by atomic mass is 10.0. The normalized spacial score (nSPS) is 17.3. The highest BCUT2D eigenvalue weighted by atomic mass is 15.2. The van der Waals surface area contributed by atoms with Crippen molar-refractivity contribution >= 4 is 11.3 Å².